The number of hydrogen-bond donors (Lipinski definition) is 0. The van der Waals surface area contributed by atoms with Gasteiger partial charge in [0.1, 0.15) is 0 Å². The molecule has 0 aliphatic carbocycles. The molecule has 0 aliphatic rings. The van der Waals surface area contributed by atoms with Crippen molar-refractivity contribution in [3.8, 4) is 0 Å². The molecule has 0 atom stereocenters. The highest BCUT2D eigenvalue weighted by Gasteiger charge is 2.07. The minimum atomic E-state index is 0.701. The molecular weight excluding hydrogens is 243 g/mol. The average molecular weight is 249 g/mol. The molecule has 2 aromatic rings. The first-order valence-corrected chi connectivity index (χ1v) is 6.48. The van der Waals surface area contributed by atoms with Crippen LogP contribution in [0.2, 0.25) is 10.0 Å². The van der Waals surface area contributed by atoms with Crippen LogP contribution in [0, 0.1) is 0 Å². The predicted octanol–water partition coefficient (Wildman–Crippen LogP) is 4.93. The summed E-state index contributed by atoms with van der Waals surface area (Å²) in [6, 6.07) is 3.74. The van der Waals surface area contributed by atoms with E-state index in [9.17, 15) is 0 Å². The predicted molar refractivity (Wildman–Crippen MR) is 63.6 cm³/mol. The maximum Gasteiger partial charge on any atom is 0.0518 e. The van der Waals surface area contributed by atoms with Gasteiger partial charge in [0.2, 0.25) is 0 Å². The van der Waals surface area contributed by atoms with Crippen LogP contribution in [0.25, 0.3) is 10.1 Å². The Hall–Kier alpha value is 0.110. The molecule has 13 heavy (non-hydrogen) atoms. The second-order valence-corrected chi connectivity index (χ2v) is 5.17. The SMILES string of the molecule is CSc1csc2cc(Cl)cc(Cl)c12. The number of rotatable bonds is 1. The summed E-state index contributed by atoms with van der Waals surface area (Å²) in [6.45, 7) is 0. The van der Waals surface area contributed by atoms with Crippen LogP contribution in [-0.4, -0.2) is 6.26 Å². The molecule has 68 valence electrons. The van der Waals surface area contributed by atoms with Crippen LogP contribution in [0.3, 0.4) is 0 Å². The van der Waals surface area contributed by atoms with Crippen molar-refractivity contribution in [2.45, 2.75) is 4.90 Å². The Morgan fingerprint density at radius 3 is 2.77 bits per heavy atom. The van der Waals surface area contributed by atoms with E-state index in [2.05, 4.69) is 5.38 Å². The lowest BCUT2D eigenvalue weighted by molar-refractivity contribution is 1.66. The molecule has 0 aliphatic heterocycles. The molecule has 0 N–H and O–H groups in total. The smallest absolute Gasteiger partial charge is 0.0518 e. The lowest BCUT2D eigenvalue weighted by Crippen LogP contribution is -1.70. The van der Waals surface area contributed by atoms with Gasteiger partial charge in [-0.2, -0.15) is 0 Å². The fourth-order valence-electron chi connectivity index (χ4n) is 1.21. The molecule has 0 fully saturated rings. The summed E-state index contributed by atoms with van der Waals surface area (Å²) in [5.41, 5.74) is 0. The van der Waals surface area contributed by atoms with Crippen molar-refractivity contribution in [2.24, 2.45) is 0 Å². The molecule has 0 saturated carbocycles. The monoisotopic (exact) mass is 248 g/mol. The highest BCUT2D eigenvalue weighted by molar-refractivity contribution is 7.99. The molecule has 0 radical (unpaired) electrons. The van der Waals surface area contributed by atoms with E-state index in [0.717, 1.165) is 15.1 Å². The summed E-state index contributed by atoms with van der Waals surface area (Å²) in [6.07, 6.45) is 2.05. The van der Waals surface area contributed by atoms with Crippen LogP contribution in [0.5, 0.6) is 0 Å². The van der Waals surface area contributed by atoms with E-state index in [1.54, 1.807) is 29.2 Å². The Balaban J connectivity index is 2.82. The van der Waals surface area contributed by atoms with Gasteiger partial charge in [0.15, 0.2) is 0 Å². The normalized spacial score (nSPS) is 11.0. The highest BCUT2D eigenvalue weighted by atomic mass is 35.5. The Labute approximate surface area is 94.8 Å². The summed E-state index contributed by atoms with van der Waals surface area (Å²) in [5, 5.41) is 4.68. The maximum atomic E-state index is 6.10. The van der Waals surface area contributed by atoms with E-state index in [0.29, 0.717) is 5.02 Å². The fourth-order valence-corrected chi connectivity index (χ4v) is 3.88. The summed E-state index contributed by atoms with van der Waals surface area (Å²) in [7, 11) is 0. The first-order valence-electron chi connectivity index (χ1n) is 3.62. The fraction of sp³-hybridized carbons (Fsp3) is 0.111. The lowest BCUT2D eigenvalue weighted by Gasteiger charge is -1.98. The first-order chi connectivity index (χ1) is 6.22. The van der Waals surface area contributed by atoms with Crippen molar-refractivity contribution in [1.29, 1.82) is 0 Å². The van der Waals surface area contributed by atoms with Crippen molar-refractivity contribution in [1.82, 2.24) is 0 Å². The van der Waals surface area contributed by atoms with E-state index < -0.39 is 0 Å². The van der Waals surface area contributed by atoms with E-state index in [1.807, 2.05) is 12.3 Å². The first kappa shape index (κ1) is 9.66. The molecule has 0 bridgehead atoms. The van der Waals surface area contributed by atoms with Gasteiger partial charge >= 0.3 is 0 Å². The zero-order chi connectivity index (χ0) is 9.42. The van der Waals surface area contributed by atoms with Crippen LogP contribution >= 0.6 is 46.3 Å². The second-order valence-electron chi connectivity index (χ2n) is 2.56. The number of halogens is 2. The molecule has 0 amide bonds. The third-order valence-corrected chi connectivity index (χ3v) is 4.13. The second kappa shape index (κ2) is 3.70. The Bertz CT molecular complexity index is 448. The van der Waals surface area contributed by atoms with Crippen LogP contribution in [0.4, 0.5) is 0 Å². The molecule has 2 rings (SSSR count). The zero-order valence-corrected chi connectivity index (χ0v) is 9.95. The van der Waals surface area contributed by atoms with Crippen molar-refractivity contribution < 1.29 is 0 Å². The summed E-state index contributed by atoms with van der Waals surface area (Å²) < 4.78 is 1.15. The molecule has 1 heterocycles. The van der Waals surface area contributed by atoms with Gasteiger partial charge in [-0.25, -0.2) is 0 Å². The maximum absolute atomic E-state index is 6.10. The van der Waals surface area contributed by atoms with E-state index in [4.69, 9.17) is 23.2 Å². The van der Waals surface area contributed by atoms with Gasteiger partial charge in [0.25, 0.3) is 0 Å². The number of benzene rings is 1. The molecule has 1 aromatic heterocycles. The lowest BCUT2D eigenvalue weighted by atomic mass is 10.3. The molecule has 0 spiro atoms. The average Bonchev–Trinajstić information content (AvgIpc) is 2.47. The van der Waals surface area contributed by atoms with E-state index in [1.165, 1.54) is 4.90 Å². The minimum absolute atomic E-state index is 0.701. The van der Waals surface area contributed by atoms with Crippen molar-refractivity contribution >= 4 is 56.4 Å². The van der Waals surface area contributed by atoms with Crippen molar-refractivity contribution in [3.05, 3.63) is 27.6 Å². The Kier molecular flexibility index (Phi) is 2.75. The van der Waals surface area contributed by atoms with Crippen LogP contribution in [0.1, 0.15) is 0 Å². The molecule has 1 aromatic carbocycles. The number of hydrogen-bond acceptors (Lipinski definition) is 2. The van der Waals surface area contributed by atoms with Gasteiger partial charge in [-0.1, -0.05) is 23.2 Å². The molecule has 4 heteroatoms. The van der Waals surface area contributed by atoms with Crippen molar-refractivity contribution in [2.75, 3.05) is 6.26 Å². The van der Waals surface area contributed by atoms with E-state index >= 15 is 0 Å². The van der Waals surface area contributed by atoms with Crippen LogP contribution in [0.15, 0.2) is 22.4 Å². The standard InChI is InChI=1S/C9H6Cl2S2/c1-12-8-4-13-7-3-5(10)2-6(11)9(7)8/h2-4H,1H3. The zero-order valence-electron chi connectivity index (χ0n) is 6.80. The topological polar surface area (TPSA) is 0 Å². The molecular formula is C9H6Cl2S2. The largest absolute Gasteiger partial charge is 0.142 e. The number of thioether (sulfide) groups is 1. The number of thiophene rings is 1. The van der Waals surface area contributed by atoms with Gasteiger partial charge in [-0.3, -0.25) is 0 Å². The quantitative estimate of drug-likeness (QED) is 0.646. The summed E-state index contributed by atoms with van der Waals surface area (Å²) >= 11 is 15.4. The number of fused-ring (bicyclic) bond motifs is 1. The Morgan fingerprint density at radius 2 is 2.08 bits per heavy atom. The highest BCUT2D eigenvalue weighted by Crippen LogP contribution is 2.38. The van der Waals surface area contributed by atoms with Gasteiger partial charge < -0.3 is 0 Å². The summed E-state index contributed by atoms with van der Waals surface area (Å²) in [4.78, 5) is 1.22. The van der Waals surface area contributed by atoms with Gasteiger partial charge in [-0.05, 0) is 18.4 Å². The van der Waals surface area contributed by atoms with Crippen LogP contribution in [-0.2, 0) is 0 Å². The minimum Gasteiger partial charge on any atom is -0.142 e. The van der Waals surface area contributed by atoms with E-state index in [-0.39, 0.29) is 0 Å². The van der Waals surface area contributed by atoms with Crippen molar-refractivity contribution in [3.63, 3.8) is 0 Å². The summed E-state index contributed by atoms with van der Waals surface area (Å²) in [5.74, 6) is 0. The molecule has 0 nitrogen and oxygen atoms in total. The molecule has 0 unspecified atom stereocenters. The third kappa shape index (κ3) is 1.68. The van der Waals surface area contributed by atoms with Gasteiger partial charge in [0.05, 0.1) is 5.02 Å². The van der Waals surface area contributed by atoms with Gasteiger partial charge in [-0.15, -0.1) is 23.1 Å². The van der Waals surface area contributed by atoms with Gasteiger partial charge in [0, 0.05) is 25.4 Å². The molecule has 0 saturated heterocycles. The van der Waals surface area contributed by atoms with Crippen LogP contribution < -0.4 is 0 Å². The third-order valence-electron chi connectivity index (χ3n) is 1.78. The Morgan fingerprint density at radius 1 is 1.31 bits per heavy atom.